The molecule has 2 aromatic carbocycles. The molecule has 37 heavy (non-hydrogen) atoms. The lowest BCUT2D eigenvalue weighted by Gasteiger charge is -2.49. The number of halogens is 1. The van der Waals surface area contributed by atoms with E-state index in [1.54, 1.807) is 7.11 Å². The summed E-state index contributed by atoms with van der Waals surface area (Å²) in [6.07, 6.45) is 2.45. The second-order valence-corrected chi connectivity index (χ2v) is 13.4. The highest BCUT2D eigenvalue weighted by Gasteiger charge is 2.50. The fraction of sp³-hybridized carbons (Fsp3) is 0.438. The predicted molar refractivity (Wildman–Crippen MR) is 152 cm³/mol. The highest BCUT2D eigenvalue weighted by molar-refractivity contribution is 9.10. The number of anilines is 1. The van der Waals surface area contributed by atoms with Crippen LogP contribution in [0.3, 0.4) is 0 Å². The molecule has 0 atom stereocenters. The van der Waals surface area contributed by atoms with Crippen LogP contribution in [-0.2, 0) is 9.59 Å². The molecule has 0 radical (unpaired) electrons. The van der Waals surface area contributed by atoms with Crippen LogP contribution in [0.1, 0.15) is 76.0 Å². The number of ether oxygens (including phenoxy) is 1. The van der Waals surface area contributed by atoms with Crippen LogP contribution < -0.4 is 9.64 Å². The van der Waals surface area contributed by atoms with Gasteiger partial charge in [-0.15, -0.1) is 0 Å². The van der Waals surface area contributed by atoms with Crippen LogP contribution in [0.25, 0.3) is 0 Å². The van der Waals surface area contributed by atoms with E-state index in [0.717, 1.165) is 51.1 Å². The SMILES string of the molecule is COc1ccc(Br)cc1C1C2=C(CC(C)(C)CC2=O)N(c2ccc(C)c(C)c2)C2=C1C(=O)CC(C)(C)C2. The molecule has 0 fully saturated rings. The summed E-state index contributed by atoms with van der Waals surface area (Å²) >= 11 is 3.63. The molecule has 194 valence electrons. The van der Waals surface area contributed by atoms with Crippen LogP contribution in [0.15, 0.2) is 63.4 Å². The lowest BCUT2D eigenvalue weighted by molar-refractivity contribution is -0.119. The van der Waals surface area contributed by atoms with Gasteiger partial charge in [0.1, 0.15) is 5.75 Å². The Morgan fingerprint density at radius 1 is 0.811 bits per heavy atom. The lowest BCUT2D eigenvalue weighted by atomic mass is 9.63. The topological polar surface area (TPSA) is 46.6 Å². The van der Waals surface area contributed by atoms with Gasteiger partial charge in [-0.05, 0) is 79.0 Å². The van der Waals surface area contributed by atoms with Crippen molar-refractivity contribution in [2.24, 2.45) is 10.8 Å². The van der Waals surface area contributed by atoms with E-state index >= 15 is 0 Å². The van der Waals surface area contributed by atoms with Gasteiger partial charge in [0.25, 0.3) is 0 Å². The Morgan fingerprint density at radius 3 is 1.89 bits per heavy atom. The van der Waals surface area contributed by atoms with Gasteiger partial charge in [0.2, 0.25) is 0 Å². The van der Waals surface area contributed by atoms with Crippen molar-refractivity contribution in [3.8, 4) is 5.75 Å². The van der Waals surface area contributed by atoms with Crippen molar-refractivity contribution in [1.29, 1.82) is 0 Å². The third kappa shape index (κ3) is 4.50. The number of nitrogens with zero attached hydrogens (tertiary/aromatic N) is 1. The second kappa shape index (κ2) is 8.97. The van der Waals surface area contributed by atoms with Crippen molar-refractivity contribution in [1.82, 2.24) is 0 Å². The molecule has 0 saturated heterocycles. The van der Waals surface area contributed by atoms with E-state index in [0.29, 0.717) is 18.6 Å². The summed E-state index contributed by atoms with van der Waals surface area (Å²) in [4.78, 5) is 30.4. The van der Waals surface area contributed by atoms with Crippen LogP contribution in [-0.4, -0.2) is 18.7 Å². The number of Topliss-reactive ketones (excluding diaryl/α,β-unsaturated/α-hetero) is 2. The molecule has 0 spiro atoms. The smallest absolute Gasteiger partial charge is 0.162 e. The molecule has 2 aromatic rings. The van der Waals surface area contributed by atoms with Crippen molar-refractivity contribution in [3.05, 3.63) is 80.1 Å². The van der Waals surface area contributed by atoms with E-state index < -0.39 is 5.92 Å². The first kappa shape index (κ1) is 26.0. The minimum Gasteiger partial charge on any atom is -0.496 e. The summed E-state index contributed by atoms with van der Waals surface area (Å²) in [6.45, 7) is 12.9. The first-order valence-corrected chi connectivity index (χ1v) is 13.8. The maximum absolute atomic E-state index is 14.0. The number of hydrogen-bond acceptors (Lipinski definition) is 4. The summed E-state index contributed by atoms with van der Waals surface area (Å²) < 4.78 is 6.70. The van der Waals surface area contributed by atoms with Gasteiger partial charge in [0.15, 0.2) is 11.6 Å². The third-order valence-corrected chi connectivity index (χ3v) is 8.65. The minimum atomic E-state index is -0.438. The van der Waals surface area contributed by atoms with Crippen molar-refractivity contribution in [2.75, 3.05) is 12.0 Å². The molecule has 0 N–H and O–H groups in total. The minimum absolute atomic E-state index is 0.122. The molecule has 5 heteroatoms. The van der Waals surface area contributed by atoms with Gasteiger partial charge < -0.3 is 9.64 Å². The van der Waals surface area contributed by atoms with E-state index in [1.807, 2.05) is 18.2 Å². The van der Waals surface area contributed by atoms with Crippen LogP contribution in [0, 0.1) is 24.7 Å². The van der Waals surface area contributed by atoms with E-state index in [4.69, 9.17) is 4.74 Å². The Labute approximate surface area is 228 Å². The quantitative estimate of drug-likeness (QED) is 0.381. The number of carbonyl (C=O) groups excluding carboxylic acids is 2. The van der Waals surface area contributed by atoms with E-state index in [1.165, 1.54) is 11.1 Å². The maximum atomic E-state index is 14.0. The molecular formula is C32H36BrNO3. The first-order valence-electron chi connectivity index (χ1n) is 13.1. The summed E-state index contributed by atoms with van der Waals surface area (Å²) in [5, 5.41) is 0. The molecule has 1 aliphatic heterocycles. The number of carbonyl (C=O) groups is 2. The molecule has 0 saturated carbocycles. The van der Waals surface area contributed by atoms with Crippen LogP contribution in [0.4, 0.5) is 5.69 Å². The number of methoxy groups -OCH3 is 1. The Balaban J connectivity index is 1.87. The summed E-state index contributed by atoms with van der Waals surface area (Å²) in [5.41, 5.74) is 7.53. The number of rotatable bonds is 3. The van der Waals surface area contributed by atoms with Crippen LogP contribution in [0.2, 0.25) is 0 Å². The van der Waals surface area contributed by atoms with E-state index in [2.05, 4.69) is 80.6 Å². The Hall–Kier alpha value is -2.66. The zero-order valence-electron chi connectivity index (χ0n) is 22.9. The summed E-state index contributed by atoms with van der Waals surface area (Å²) in [6, 6.07) is 12.3. The predicted octanol–water partition coefficient (Wildman–Crippen LogP) is 7.96. The van der Waals surface area contributed by atoms with Crippen LogP contribution in [0.5, 0.6) is 5.75 Å². The number of benzene rings is 2. The van der Waals surface area contributed by atoms with Crippen molar-refractivity contribution in [2.45, 2.75) is 73.1 Å². The molecule has 3 aliphatic rings. The first-order chi connectivity index (χ1) is 17.3. The van der Waals surface area contributed by atoms with Gasteiger partial charge in [0.05, 0.1) is 7.11 Å². The largest absolute Gasteiger partial charge is 0.496 e. The molecule has 1 heterocycles. The zero-order chi connectivity index (χ0) is 26.9. The molecule has 0 aromatic heterocycles. The Kier molecular flexibility index (Phi) is 6.30. The van der Waals surface area contributed by atoms with Gasteiger partial charge in [-0.3, -0.25) is 9.59 Å². The van der Waals surface area contributed by atoms with Gasteiger partial charge in [-0.1, -0.05) is 49.7 Å². The highest BCUT2D eigenvalue weighted by atomic mass is 79.9. The molecule has 2 aliphatic carbocycles. The normalized spacial score (nSPS) is 21.2. The monoisotopic (exact) mass is 561 g/mol. The number of ketones is 2. The average molecular weight is 563 g/mol. The number of allylic oxidation sites excluding steroid dienone is 4. The number of hydrogen-bond donors (Lipinski definition) is 0. The summed E-state index contributed by atoms with van der Waals surface area (Å²) in [7, 11) is 1.65. The van der Waals surface area contributed by atoms with Crippen molar-refractivity contribution >= 4 is 33.2 Å². The molecule has 4 nitrogen and oxygen atoms in total. The Morgan fingerprint density at radius 2 is 1.38 bits per heavy atom. The van der Waals surface area contributed by atoms with Gasteiger partial charge >= 0.3 is 0 Å². The van der Waals surface area contributed by atoms with Crippen LogP contribution >= 0.6 is 15.9 Å². The van der Waals surface area contributed by atoms with E-state index in [-0.39, 0.29) is 22.4 Å². The molecule has 0 amide bonds. The molecule has 0 unspecified atom stereocenters. The molecule has 0 bridgehead atoms. The fourth-order valence-corrected chi connectivity index (χ4v) is 6.76. The maximum Gasteiger partial charge on any atom is 0.162 e. The zero-order valence-corrected chi connectivity index (χ0v) is 24.5. The van der Waals surface area contributed by atoms with E-state index in [9.17, 15) is 9.59 Å². The van der Waals surface area contributed by atoms with Gasteiger partial charge in [-0.2, -0.15) is 0 Å². The Bertz CT molecular complexity index is 1340. The fourth-order valence-electron chi connectivity index (χ4n) is 6.38. The van der Waals surface area contributed by atoms with Gasteiger partial charge in [-0.25, -0.2) is 0 Å². The lowest BCUT2D eigenvalue weighted by Crippen LogP contribution is -2.44. The molecular weight excluding hydrogens is 526 g/mol. The molecule has 5 rings (SSSR count). The van der Waals surface area contributed by atoms with Crippen molar-refractivity contribution in [3.63, 3.8) is 0 Å². The number of aryl methyl sites for hydroxylation is 2. The second-order valence-electron chi connectivity index (χ2n) is 12.5. The third-order valence-electron chi connectivity index (χ3n) is 8.16. The van der Waals surface area contributed by atoms with Gasteiger partial charge in [0, 0.05) is 57.0 Å². The average Bonchev–Trinajstić information content (AvgIpc) is 2.78. The standard InChI is InChI=1S/C32H36BrNO3/c1-18-8-10-21(12-19(18)2)34-23-14-31(3,4)16-25(35)29(23)28(22-13-20(33)9-11-27(22)37-7)30-24(34)15-32(5,6)17-26(30)36/h8-13,28H,14-17H2,1-7H3. The highest BCUT2D eigenvalue weighted by Crippen LogP contribution is 2.56. The summed E-state index contributed by atoms with van der Waals surface area (Å²) in [5.74, 6) is 0.502. The van der Waals surface area contributed by atoms with Crippen molar-refractivity contribution < 1.29 is 14.3 Å².